The lowest BCUT2D eigenvalue weighted by Gasteiger charge is -2.32. The molecule has 2 unspecified atom stereocenters. The van der Waals surface area contributed by atoms with E-state index in [0.29, 0.717) is 6.42 Å². The van der Waals surface area contributed by atoms with Crippen molar-refractivity contribution in [2.75, 3.05) is 6.54 Å². The first-order valence-corrected chi connectivity index (χ1v) is 7.62. The van der Waals surface area contributed by atoms with Crippen LogP contribution in [0.5, 0.6) is 0 Å². The van der Waals surface area contributed by atoms with Crippen LogP contribution < -0.4 is 0 Å². The molecule has 0 spiro atoms. The highest BCUT2D eigenvalue weighted by Crippen LogP contribution is 2.34. The van der Waals surface area contributed by atoms with Crippen LogP contribution in [0.25, 0.3) is 0 Å². The molecular weight excluding hydrogens is 276 g/mol. The second-order valence-electron chi connectivity index (χ2n) is 5.84. The summed E-state index contributed by atoms with van der Waals surface area (Å²) in [6.07, 6.45) is 5.21. The number of aryl methyl sites for hydroxylation is 1. The zero-order chi connectivity index (χ0) is 15.5. The number of hydrogen-bond donors (Lipinski definition) is 1. The van der Waals surface area contributed by atoms with Gasteiger partial charge in [-0.2, -0.15) is 0 Å². The molecule has 1 aliphatic rings. The highest BCUT2D eigenvalue weighted by Gasteiger charge is 2.36. The molecular formula is C18H20N2O2. The van der Waals surface area contributed by atoms with Gasteiger partial charge in [0.05, 0.1) is 6.04 Å². The molecule has 0 amide bonds. The van der Waals surface area contributed by atoms with Crippen molar-refractivity contribution in [3.05, 3.63) is 65.5 Å². The number of pyridine rings is 1. The molecule has 1 aromatic heterocycles. The Morgan fingerprint density at radius 3 is 2.82 bits per heavy atom. The van der Waals surface area contributed by atoms with Crippen molar-refractivity contribution >= 4 is 5.97 Å². The molecule has 2 heterocycles. The number of aromatic nitrogens is 1. The van der Waals surface area contributed by atoms with Gasteiger partial charge in [-0.05, 0) is 37.0 Å². The average Bonchev–Trinajstić information content (AvgIpc) is 2.98. The van der Waals surface area contributed by atoms with Crippen molar-refractivity contribution < 1.29 is 9.90 Å². The molecule has 0 radical (unpaired) electrons. The Labute approximate surface area is 130 Å². The van der Waals surface area contributed by atoms with Crippen LogP contribution in [0.1, 0.15) is 35.6 Å². The van der Waals surface area contributed by atoms with Crippen LogP contribution in [-0.2, 0) is 4.79 Å². The van der Waals surface area contributed by atoms with Crippen LogP contribution in [0.2, 0.25) is 0 Å². The van der Waals surface area contributed by atoms with E-state index in [4.69, 9.17) is 0 Å². The van der Waals surface area contributed by atoms with E-state index in [1.165, 1.54) is 5.56 Å². The molecule has 4 heteroatoms. The molecule has 2 aromatic rings. The lowest BCUT2D eigenvalue weighted by molar-refractivity contribution is -0.142. The fourth-order valence-corrected chi connectivity index (χ4v) is 3.32. The topological polar surface area (TPSA) is 53.4 Å². The third-order valence-electron chi connectivity index (χ3n) is 4.27. The minimum atomic E-state index is -0.737. The quantitative estimate of drug-likeness (QED) is 0.942. The fourth-order valence-electron chi connectivity index (χ4n) is 3.32. The van der Waals surface area contributed by atoms with Gasteiger partial charge < -0.3 is 5.11 Å². The summed E-state index contributed by atoms with van der Waals surface area (Å²) >= 11 is 0. The fraction of sp³-hybridized carbons (Fsp3) is 0.333. The molecule has 0 bridgehead atoms. The monoisotopic (exact) mass is 296 g/mol. The number of carboxylic acid groups (broad SMARTS) is 1. The van der Waals surface area contributed by atoms with E-state index in [9.17, 15) is 9.90 Å². The summed E-state index contributed by atoms with van der Waals surface area (Å²) in [5.74, 6) is -0.737. The van der Waals surface area contributed by atoms with Gasteiger partial charge >= 0.3 is 5.97 Å². The van der Waals surface area contributed by atoms with E-state index in [2.05, 4.69) is 35.0 Å². The lowest BCUT2D eigenvalue weighted by atomic mass is 9.96. The van der Waals surface area contributed by atoms with Gasteiger partial charge in [-0.3, -0.25) is 14.7 Å². The number of nitrogens with zero attached hydrogens (tertiary/aromatic N) is 2. The molecule has 1 saturated heterocycles. The van der Waals surface area contributed by atoms with Gasteiger partial charge in [0.1, 0.15) is 6.04 Å². The summed E-state index contributed by atoms with van der Waals surface area (Å²) in [6, 6.07) is 11.7. The molecule has 1 N–H and O–H groups in total. The van der Waals surface area contributed by atoms with E-state index in [1.54, 1.807) is 6.20 Å². The Morgan fingerprint density at radius 2 is 2.14 bits per heavy atom. The Morgan fingerprint density at radius 1 is 1.32 bits per heavy atom. The Hall–Kier alpha value is -2.20. The number of benzene rings is 1. The number of rotatable bonds is 4. The minimum Gasteiger partial charge on any atom is -0.480 e. The summed E-state index contributed by atoms with van der Waals surface area (Å²) < 4.78 is 0. The molecule has 3 rings (SSSR count). The van der Waals surface area contributed by atoms with Crippen molar-refractivity contribution in [3.8, 4) is 0 Å². The van der Waals surface area contributed by atoms with Gasteiger partial charge in [-0.1, -0.05) is 35.9 Å². The van der Waals surface area contributed by atoms with Gasteiger partial charge in [0.25, 0.3) is 0 Å². The van der Waals surface area contributed by atoms with Crippen LogP contribution in [0, 0.1) is 6.92 Å². The number of likely N-dealkylation sites (tertiary alicyclic amines) is 1. The molecule has 114 valence electrons. The first kappa shape index (κ1) is 14.7. The summed E-state index contributed by atoms with van der Waals surface area (Å²) in [5, 5.41) is 9.52. The van der Waals surface area contributed by atoms with Gasteiger partial charge in [0.2, 0.25) is 0 Å². The Balaban J connectivity index is 2.05. The summed E-state index contributed by atoms with van der Waals surface area (Å²) in [6.45, 7) is 2.85. The number of hydrogen-bond acceptors (Lipinski definition) is 3. The maximum absolute atomic E-state index is 11.6. The SMILES string of the molecule is Cc1cccc(C(c2cccnc2)N2CCCC2C(=O)O)c1. The second kappa shape index (κ2) is 6.28. The van der Waals surface area contributed by atoms with E-state index in [1.807, 2.05) is 24.4 Å². The minimum absolute atomic E-state index is 0.0581. The molecule has 0 aliphatic carbocycles. The summed E-state index contributed by atoms with van der Waals surface area (Å²) in [4.78, 5) is 17.9. The van der Waals surface area contributed by atoms with Crippen molar-refractivity contribution in [1.82, 2.24) is 9.88 Å². The lowest BCUT2D eigenvalue weighted by Crippen LogP contribution is -2.39. The largest absolute Gasteiger partial charge is 0.480 e. The van der Waals surface area contributed by atoms with Crippen molar-refractivity contribution in [2.45, 2.75) is 31.8 Å². The Kier molecular flexibility index (Phi) is 4.20. The smallest absolute Gasteiger partial charge is 0.320 e. The van der Waals surface area contributed by atoms with Crippen molar-refractivity contribution in [3.63, 3.8) is 0 Å². The first-order chi connectivity index (χ1) is 10.7. The van der Waals surface area contributed by atoms with Crippen LogP contribution >= 0.6 is 0 Å². The number of carboxylic acids is 1. The summed E-state index contributed by atoms with van der Waals surface area (Å²) in [7, 11) is 0. The van der Waals surface area contributed by atoms with E-state index >= 15 is 0 Å². The van der Waals surface area contributed by atoms with Crippen LogP contribution in [0.15, 0.2) is 48.8 Å². The van der Waals surface area contributed by atoms with Gasteiger partial charge in [0, 0.05) is 18.9 Å². The zero-order valence-corrected chi connectivity index (χ0v) is 12.6. The number of carbonyl (C=O) groups is 1. The van der Waals surface area contributed by atoms with Gasteiger partial charge in [0.15, 0.2) is 0 Å². The zero-order valence-electron chi connectivity index (χ0n) is 12.6. The molecule has 4 nitrogen and oxygen atoms in total. The average molecular weight is 296 g/mol. The van der Waals surface area contributed by atoms with Crippen LogP contribution in [0.4, 0.5) is 0 Å². The van der Waals surface area contributed by atoms with Gasteiger partial charge in [-0.25, -0.2) is 0 Å². The van der Waals surface area contributed by atoms with Gasteiger partial charge in [-0.15, -0.1) is 0 Å². The highest BCUT2D eigenvalue weighted by atomic mass is 16.4. The third-order valence-corrected chi connectivity index (χ3v) is 4.27. The maximum atomic E-state index is 11.6. The second-order valence-corrected chi connectivity index (χ2v) is 5.84. The van der Waals surface area contributed by atoms with E-state index in [0.717, 1.165) is 24.1 Å². The number of aliphatic carboxylic acids is 1. The predicted octanol–water partition coefficient (Wildman–Crippen LogP) is 3.03. The molecule has 1 aromatic carbocycles. The molecule has 1 fully saturated rings. The summed E-state index contributed by atoms with van der Waals surface area (Å²) in [5.41, 5.74) is 3.35. The van der Waals surface area contributed by atoms with Crippen LogP contribution in [-0.4, -0.2) is 33.5 Å². The van der Waals surface area contributed by atoms with Crippen molar-refractivity contribution in [1.29, 1.82) is 0 Å². The third kappa shape index (κ3) is 2.88. The molecule has 2 atom stereocenters. The Bertz CT molecular complexity index is 657. The molecule has 1 aliphatic heterocycles. The predicted molar refractivity (Wildman–Crippen MR) is 84.6 cm³/mol. The van der Waals surface area contributed by atoms with E-state index in [-0.39, 0.29) is 6.04 Å². The molecule has 22 heavy (non-hydrogen) atoms. The van der Waals surface area contributed by atoms with E-state index < -0.39 is 12.0 Å². The highest BCUT2D eigenvalue weighted by molar-refractivity contribution is 5.74. The van der Waals surface area contributed by atoms with Crippen molar-refractivity contribution in [2.24, 2.45) is 0 Å². The molecule has 0 saturated carbocycles. The maximum Gasteiger partial charge on any atom is 0.320 e. The van der Waals surface area contributed by atoms with Crippen LogP contribution in [0.3, 0.4) is 0 Å². The normalized spacial score (nSPS) is 20.0. The standard InChI is InChI=1S/C18H20N2O2/c1-13-5-2-6-14(11-13)17(15-7-3-9-19-12-15)20-10-4-8-16(20)18(21)22/h2-3,5-7,9,11-12,16-17H,4,8,10H2,1H3,(H,21,22). The first-order valence-electron chi connectivity index (χ1n) is 7.62.